The van der Waals surface area contributed by atoms with Crippen LogP contribution in [-0.2, 0) is 21.1 Å². The Hall–Kier alpha value is -1.97. The van der Waals surface area contributed by atoms with E-state index in [1.54, 1.807) is 6.07 Å². The quantitative estimate of drug-likeness (QED) is 0.742. The van der Waals surface area contributed by atoms with Crippen molar-refractivity contribution in [1.82, 2.24) is 0 Å². The summed E-state index contributed by atoms with van der Waals surface area (Å²) in [6.07, 6.45) is -0.280. The van der Waals surface area contributed by atoms with E-state index in [1.807, 2.05) is 0 Å². The van der Waals surface area contributed by atoms with Gasteiger partial charge >= 0.3 is 5.51 Å². The SMILES string of the molecule is COc1ccc(S(=O)(=O)C(F)(F)F)cc1NC(=O)Cc1c(Cl)cccc1Cl. The zero-order chi connectivity index (χ0) is 20.4. The number of halogens is 5. The number of carbonyl (C=O) groups excluding carboxylic acids is 1. The monoisotopic (exact) mass is 441 g/mol. The van der Waals surface area contributed by atoms with Crippen LogP contribution in [0.2, 0.25) is 10.0 Å². The van der Waals surface area contributed by atoms with E-state index in [0.29, 0.717) is 11.6 Å². The molecule has 0 heterocycles. The molecule has 0 unspecified atom stereocenters. The van der Waals surface area contributed by atoms with Gasteiger partial charge in [0.25, 0.3) is 9.84 Å². The van der Waals surface area contributed by atoms with Crippen molar-refractivity contribution in [1.29, 1.82) is 0 Å². The first-order chi connectivity index (χ1) is 12.5. The molecule has 5 nitrogen and oxygen atoms in total. The molecule has 0 aliphatic rings. The van der Waals surface area contributed by atoms with Crippen molar-refractivity contribution in [2.45, 2.75) is 16.8 Å². The van der Waals surface area contributed by atoms with Gasteiger partial charge in [0.2, 0.25) is 5.91 Å². The molecule has 0 bridgehead atoms. The van der Waals surface area contributed by atoms with Gasteiger partial charge in [0.15, 0.2) is 0 Å². The molecule has 146 valence electrons. The van der Waals surface area contributed by atoms with Crippen LogP contribution in [0.3, 0.4) is 0 Å². The summed E-state index contributed by atoms with van der Waals surface area (Å²) in [4.78, 5) is 11.2. The van der Waals surface area contributed by atoms with Crippen LogP contribution in [0.25, 0.3) is 0 Å². The fraction of sp³-hybridized carbons (Fsp3) is 0.188. The first-order valence-electron chi connectivity index (χ1n) is 7.19. The fourth-order valence-electron chi connectivity index (χ4n) is 2.14. The zero-order valence-corrected chi connectivity index (χ0v) is 15.9. The summed E-state index contributed by atoms with van der Waals surface area (Å²) in [5, 5.41) is 2.78. The number of hydrogen-bond donors (Lipinski definition) is 1. The lowest BCUT2D eigenvalue weighted by molar-refractivity contribution is -0.115. The Balaban J connectivity index is 2.35. The predicted octanol–water partition coefficient (Wildman–Crippen LogP) is 4.48. The minimum absolute atomic E-state index is 0.0188. The highest BCUT2D eigenvalue weighted by molar-refractivity contribution is 7.92. The number of sulfone groups is 1. The number of amides is 1. The summed E-state index contributed by atoms with van der Waals surface area (Å²) < 4.78 is 66.3. The fourth-order valence-corrected chi connectivity index (χ4v) is 3.46. The van der Waals surface area contributed by atoms with Gasteiger partial charge in [-0.15, -0.1) is 0 Å². The maximum atomic E-state index is 12.7. The Kier molecular flexibility index (Phi) is 6.28. The Bertz CT molecular complexity index is 958. The molecule has 2 aromatic rings. The lowest BCUT2D eigenvalue weighted by Gasteiger charge is -2.14. The summed E-state index contributed by atoms with van der Waals surface area (Å²) in [7, 11) is -4.36. The smallest absolute Gasteiger partial charge is 0.495 e. The molecule has 0 atom stereocenters. The van der Waals surface area contributed by atoms with Gasteiger partial charge in [-0.1, -0.05) is 29.3 Å². The van der Waals surface area contributed by atoms with Gasteiger partial charge in [0.1, 0.15) is 5.75 Å². The topological polar surface area (TPSA) is 72.5 Å². The van der Waals surface area contributed by atoms with Crippen LogP contribution in [-0.4, -0.2) is 26.9 Å². The van der Waals surface area contributed by atoms with E-state index in [9.17, 15) is 26.4 Å². The van der Waals surface area contributed by atoms with Crippen molar-refractivity contribution in [3.63, 3.8) is 0 Å². The van der Waals surface area contributed by atoms with Crippen molar-refractivity contribution in [2.24, 2.45) is 0 Å². The molecule has 0 fully saturated rings. The summed E-state index contributed by atoms with van der Waals surface area (Å²) in [5.41, 5.74) is -5.40. The molecule has 2 rings (SSSR count). The maximum Gasteiger partial charge on any atom is 0.501 e. The minimum Gasteiger partial charge on any atom is -0.495 e. The Morgan fingerprint density at radius 3 is 2.26 bits per heavy atom. The van der Waals surface area contributed by atoms with Crippen LogP contribution < -0.4 is 10.1 Å². The number of benzene rings is 2. The van der Waals surface area contributed by atoms with E-state index in [1.165, 1.54) is 19.2 Å². The van der Waals surface area contributed by atoms with E-state index >= 15 is 0 Å². The average Bonchev–Trinajstić information content (AvgIpc) is 2.57. The maximum absolute atomic E-state index is 12.7. The minimum atomic E-state index is -5.58. The van der Waals surface area contributed by atoms with Crippen LogP contribution in [0.1, 0.15) is 5.56 Å². The Morgan fingerprint density at radius 1 is 1.15 bits per heavy atom. The molecule has 0 radical (unpaired) electrons. The normalized spacial score (nSPS) is 11.9. The summed E-state index contributed by atoms with van der Waals surface area (Å²) >= 11 is 12.0. The summed E-state index contributed by atoms with van der Waals surface area (Å²) in [5.74, 6) is -0.695. The van der Waals surface area contributed by atoms with Gasteiger partial charge in [0, 0.05) is 10.0 Å². The third-order valence-electron chi connectivity index (χ3n) is 3.46. The Labute approximate surface area is 163 Å². The zero-order valence-electron chi connectivity index (χ0n) is 13.6. The molecule has 11 heteroatoms. The van der Waals surface area contributed by atoms with Crippen LogP contribution in [0.15, 0.2) is 41.3 Å². The largest absolute Gasteiger partial charge is 0.501 e. The first-order valence-corrected chi connectivity index (χ1v) is 9.43. The molecule has 27 heavy (non-hydrogen) atoms. The third-order valence-corrected chi connectivity index (χ3v) is 5.65. The lowest BCUT2D eigenvalue weighted by Crippen LogP contribution is -2.23. The second kappa shape index (κ2) is 7.95. The summed E-state index contributed by atoms with van der Waals surface area (Å²) in [6.45, 7) is 0. The van der Waals surface area contributed by atoms with E-state index in [4.69, 9.17) is 27.9 Å². The van der Waals surface area contributed by atoms with Crippen LogP contribution in [0.5, 0.6) is 5.75 Å². The van der Waals surface area contributed by atoms with Gasteiger partial charge in [-0.3, -0.25) is 4.79 Å². The van der Waals surface area contributed by atoms with Gasteiger partial charge in [0.05, 0.1) is 24.1 Å². The molecule has 0 aliphatic carbocycles. The van der Waals surface area contributed by atoms with Gasteiger partial charge < -0.3 is 10.1 Å². The molecule has 1 N–H and O–H groups in total. The van der Waals surface area contributed by atoms with Crippen molar-refractivity contribution >= 4 is 44.6 Å². The van der Waals surface area contributed by atoms with Crippen molar-refractivity contribution in [2.75, 3.05) is 12.4 Å². The average molecular weight is 442 g/mol. The summed E-state index contributed by atoms with van der Waals surface area (Å²) in [6, 6.07) is 7.05. The molecular formula is C16H12Cl2F3NO4S. The number of rotatable bonds is 5. The third kappa shape index (κ3) is 4.66. The molecule has 0 aliphatic heterocycles. The second-order valence-corrected chi connectivity index (χ2v) is 7.99. The molecular weight excluding hydrogens is 430 g/mol. The van der Waals surface area contributed by atoms with Gasteiger partial charge in [-0.05, 0) is 35.9 Å². The van der Waals surface area contributed by atoms with Crippen LogP contribution in [0.4, 0.5) is 18.9 Å². The number of methoxy groups -OCH3 is 1. The van der Waals surface area contributed by atoms with E-state index in [2.05, 4.69) is 5.32 Å². The predicted molar refractivity (Wildman–Crippen MR) is 95.0 cm³/mol. The van der Waals surface area contributed by atoms with Gasteiger partial charge in [-0.25, -0.2) is 8.42 Å². The molecule has 0 saturated heterocycles. The molecule has 0 spiro atoms. The molecule has 0 aromatic heterocycles. The number of alkyl halides is 3. The highest BCUT2D eigenvalue weighted by Crippen LogP contribution is 2.35. The number of hydrogen-bond acceptors (Lipinski definition) is 4. The van der Waals surface area contributed by atoms with E-state index in [-0.39, 0.29) is 27.9 Å². The lowest BCUT2D eigenvalue weighted by atomic mass is 10.1. The van der Waals surface area contributed by atoms with E-state index in [0.717, 1.165) is 12.1 Å². The Morgan fingerprint density at radius 2 is 1.74 bits per heavy atom. The molecule has 0 saturated carbocycles. The first kappa shape index (κ1) is 21.3. The van der Waals surface area contributed by atoms with Crippen molar-refractivity contribution in [3.8, 4) is 5.75 Å². The standard InChI is InChI=1S/C16H12Cl2F3NO4S/c1-26-14-6-5-9(27(24,25)16(19,20)21)7-13(14)22-15(23)8-10-11(17)3-2-4-12(10)18/h2-7H,8H2,1H3,(H,22,23). The highest BCUT2D eigenvalue weighted by Gasteiger charge is 2.47. The molecule has 1 amide bonds. The van der Waals surface area contributed by atoms with Crippen LogP contribution in [0, 0.1) is 0 Å². The number of anilines is 1. The van der Waals surface area contributed by atoms with E-state index < -0.39 is 26.1 Å². The van der Waals surface area contributed by atoms with Crippen LogP contribution >= 0.6 is 23.2 Å². The highest BCUT2D eigenvalue weighted by atomic mass is 35.5. The molecule has 2 aromatic carbocycles. The van der Waals surface area contributed by atoms with Crippen molar-refractivity contribution < 1.29 is 31.1 Å². The second-order valence-electron chi connectivity index (χ2n) is 5.24. The van der Waals surface area contributed by atoms with Crippen molar-refractivity contribution in [3.05, 3.63) is 52.0 Å². The number of ether oxygens (including phenoxy) is 1. The van der Waals surface area contributed by atoms with Gasteiger partial charge in [-0.2, -0.15) is 13.2 Å². The number of carbonyl (C=O) groups is 1. The number of nitrogens with one attached hydrogen (secondary N) is 1.